The molecule has 0 atom stereocenters. The van der Waals surface area contributed by atoms with Gasteiger partial charge in [0.05, 0.1) is 25.3 Å². The molecule has 0 unspecified atom stereocenters. The number of amides is 2. The van der Waals surface area contributed by atoms with Crippen molar-refractivity contribution in [1.29, 1.82) is 5.26 Å². The molecule has 0 fully saturated rings. The first-order valence-electron chi connectivity index (χ1n) is 10.3. The summed E-state index contributed by atoms with van der Waals surface area (Å²) in [5.74, 6) is 1.23. The number of carbonyl (C=O) groups is 2. The highest BCUT2D eigenvalue weighted by Crippen LogP contribution is 2.27. The van der Waals surface area contributed by atoms with Crippen molar-refractivity contribution in [2.45, 2.75) is 39.7 Å². The van der Waals surface area contributed by atoms with Gasteiger partial charge in [0.1, 0.15) is 0 Å². The van der Waals surface area contributed by atoms with E-state index < -0.39 is 0 Å². The van der Waals surface area contributed by atoms with Crippen LogP contribution in [-0.2, 0) is 16.1 Å². The zero-order valence-electron chi connectivity index (χ0n) is 18.2. The summed E-state index contributed by atoms with van der Waals surface area (Å²) in [4.78, 5) is 24.0. The van der Waals surface area contributed by atoms with Crippen LogP contribution in [0.15, 0.2) is 42.5 Å². The quantitative estimate of drug-likeness (QED) is 0.532. The summed E-state index contributed by atoms with van der Waals surface area (Å²) in [6, 6.07) is 14.4. The van der Waals surface area contributed by atoms with Crippen molar-refractivity contribution in [3.8, 4) is 17.6 Å². The third-order valence-electron chi connectivity index (χ3n) is 4.39. The highest BCUT2D eigenvalue weighted by atomic mass is 16.5. The SMILES string of the molecule is COc1cc(C#N)ccc1OCCCC(=O)NCc1cccc(NC(=O)CC(C)C)c1. The molecule has 2 amide bonds. The number of nitriles is 1. The second kappa shape index (κ2) is 12.2. The average Bonchev–Trinajstić information content (AvgIpc) is 2.75. The van der Waals surface area contributed by atoms with Crippen LogP contribution < -0.4 is 20.1 Å². The third-order valence-corrected chi connectivity index (χ3v) is 4.39. The lowest BCUT2D eigenvalue weighted by molar-refractivity contribution is -0.121. The molecule has 0 heterocycles. The maximum Gasteiger partial charge on any atom is 0.224 e. The molecule has 0 saturated carbocycles. The van der Waals surface area contributed by atoms with Crippen LogP contribution in [0, 0.1) is 17.2 Å². The maximum absolute atomic E-state index is 12.1. The highest BCUT2D eigenvalue weighted by Gasteiger charge is 2.08. The standard InChI is InChI=1S/C24H29N3O4/c1-17(2)12-24(29)27-20-7-4-6-19(13-20)16-26-23(28)8-5-11-31-21-10-9-18(15-25)14-22(21)30-3/h4,6-7,9-10,13-14,17H,5,8,11-12,16H2,1-3H3,(H,26,28)(H,27,29). The van der Waals surface area contributed by atoms with E-state index in [0.717, 1.165) is 11.3 Å². The summed E-state index contributed by atoms with van der Waals surface area (Å²) in [6.07, 6.45) is 1.33. The maximum atomic E-state index is 12.1. The first-order chi connectivity index (χ1) is 14.9. The fraction of sp³-hybridized carbons (Fsp3) is 0.375. The number of ether oxygens (including phenoxy) is 2. The van der Waals surface area contributed by atoms with Gasteiger partial charge in [-0.25, -0.2) is 0 Å². The van der Waals surface area contributed by atoms with Crippen molar-refractivity contribution < 1.29 is 19.1 Å². The van der Waals surface area contributed by atoms with E-state index in [1.165, 1.54) is 7.11 Å². The van der Waals surface area contributed by atoms with Gasteiger partial charge in [-0.3, -0.25) is 9.59 Å². The third kappa shape index (κ3) is 8.39. The van der Waals surface area contributed by atoms with Gasteiger partial charge >= 0.3 is 0 Å². The van der Waals surface area contributed by atoms with Gasteiger partial charge < -0.3 is 20.1 Å². The molecule has 0 radical (unpaired) electrons. The average molecular weight is 424 g/mol. The van der Waals surface area contributed by atoms with E-state index in [0.29, 0.717) is 55.4 Å². The number of carbonyl (C=O) groups excluding carboxylic acids is 2. The zero-order chi connectivity index (χ0) is 22.6. The van der Waals surface area contributed by atoms with E-state index in [1.54, 1.807) is 18.2 Å². The molecule has 2 aromatic carbocycles. The normalized spacial score (nSPS) is 10.3. The Bertz CT molecular complexity index is 935. The predicted octanol–water partition coefficient (Wildman–Crippen LogP) is 4.03. The van der Waals surface area contributed by atoms with Gasteiger partial charge in [0.25, 0.3) is 0 Å². The summed E-state index contributed by atoms with van der Waals surface area (Å²) < 4.78 is 10.9. The zero-order valence-corrected chi connectivity index (χ0v) is 18.2. The van der Waals surface area contributed by atoms with E-state index in [4.69, 9.17) is 14.7 Å². The minimum atomic E-state index is -0.0790. The summed E-state index contributed by atoms with van der Waals surface area (Å²) in [5.41, 5.74) is 2.13. The van der Waals surface area contributed by atoms with Crippen molar-refractivity contribution in [3.05, 3.63) is 53.6 Å². The van der Waals surface area contributed by atoms with Crippen LogP contribution in [-0.4, -0.2) is 25.5 Å². The number of hydrogen-bond donors (Lipinski definition) is 2. The molecule has 0 aliphatic carbocycles. The molecular weight excluding hydrogens is 394 g/mol. The fourth-order valence-corrected chi connectivity index (χ4v) is 2.90. The summed E-state index contributed by atoms with van der Waals surface area (Å²) in [7, 11) is 1.52. The van der Waals surface area contributed by atoms with Gasteiger partial charge in [0.2, 0.25) is 11.8 Å². The molecule has 164 valence electrons. The Morgan fingerprint density at radius 1 is 1.10 bits per heavy atom. The second-order valence-corrected chi connectivity index (χ2v) is 7.55. The number of benzene rings is 2. The molecule has 2 rings (SSSR count). The smallest absolute Gasteiger partial charge is 0.224 e. The van der Waals surface area contributed by atoms with Gasteiger partial charge in [0, 0.05) is 31.1 Å². The van der Waals surface area contributed by atoms with Crippen LogP contribution in [0.3, 0.4) is 0 Å². The first kappa shape index (κ1) is 23.7. The Kier molecular flexibility index (Phi) is 9.37. The van der Waals surface area contributed by atoms with E-state index in [9.17, 15) is 9.59 Å². The van der Waals surface area contributed by atoms with Crippen LogP contribution in [0.5, 0.6) is 11.5 Å². The molecule has 0 aromatic heterocycles. The minimum absolute atomic E-state index is 0.0184. The highest BCUT2D eigenvalue weighted by molar-refractivity contribution is 5.90. The number of anilines is 1. The lowest BCUT2D eigenvalue weighted by atomic mass is 10.1. The second-order valence-electron chi connectivity index (χ2n) is 7.55. The lowest BCUT2D eigenvalue weighted by Crippen LogP contribution is -2.23. The van der Waals surface area contributed by atoms with E-state index in [2.05, 4.69) is 10.6 Å². The fourth-order valence-electron chi connectivity index (χ4n) is 2.90. The van der Waals surface area contributed by atoms with Gasteiger partial charge in [-0.05, 0) is 42.2 Å². The Morgan fingerprint density at radius 2 is 1.90 bits per heavy atom. The Morgan fingerprint density at radius 3 is 2.61 bits per heavy atom. The van der Waals surface area contributed by atoms with Crippen molar-refractivity contribution in [2.24, 2.45) is 5.92 Å². The molecule has 2 aromatic rings. The van der Waals surface area contributed by atoms with Gasteiger partial charge in [-0.1, -0.05) is 26.0 Å². The molecule has 0 bridgehead atoms. The summed E-state index contributed by atoms with van der Waals surface area (Å²) in [6.45, 7) is 4.74. The van der Waals surface area contributed by atoms with Gasteiger partial charge in [-0.15, -0.1) is 0 Å². The van der Waals surface area contributed by atoms with Gasteiger partial charge in [-0.2, -0.15) is 5.26 Å². The predicted molar refractivity (Wildman–Crippen MR) is 119 cm³/mol. The number of methoxy groups -OCH3 is 1. The number of hydrogen-bond acceptors (Lipinski definition) is 5. The van der Waals surface area contributed by atoms with Crippen molar-refractivity contribution >= 4 is 17.5 Å². The molecule has 0 spiro atoms. The van der Waals surface area contributed by atoms with Crippen molar-refractivity contribution in [2.75, 3.05) is 19.0 Å². The largest absolute Gasteiger partial charge is 0.493 e. The molecule has 31 heavy (non-hydrogen) atoms. The Hall–Kier alpha value is -3.53. The molecule has 0 aliphatic rings. The molecular formula is C24H29N3O4. The Labute approximate surface area is 183 Å². The van der Waals surface area contributed by atoms with Crippen molar-refractivity contribution in [1.82, 2.24) is 5.32 Å². The monoisotopic (exact) mass is 423 g/mol. The molecule has 7 heteroatoms. The van der Waals surface area contributed by atoms with E-state index in [-0.39, 0.29) is 11.8 Å². The number of nitrogens with zero attached hydrogens (tertiary/aromatic N) is 1. The molecule has 2 N–H and O–H groups in total. The van der Waals surface area contributed by atoms with E-state index in [1.807, 2.05) is 44.2 Å². The molecule has 0 saturated heterocycles. The van der Waals surface area contributed by atoms with Crippen LogP contribution in [0.2, 0.25) is 0 Å². The summed E-state index contributed by atoms with van der Waals surface area (Å²) in [5, 5.41) is 14.7. The Balaban J connectivity index is 1.73. The van der Waals surface area contributed by atoms with E-state index >= 15 is 0 Å². The molecule has 7 nitrogen and oxygen atoms in total. The topological polar surface area (TPSA) is 100 Å². The van der Waals surface area contributed by atoms with Crippen LogP contribution in [0.25, 0.3) is 0 Å². The van der Waals surface area contributed by atoms with Crippen LogP contribution >= 0.6 is 0 Å². The summed E-state index contributed by atoms with van der Waals surface area (Å²) >= 11 is 0. The van der Waals surface area contributed by atoms with Crippen LogP contribution in [0.1, 0.15) is 44.2 Å². The van der Waals surface area contributed by atoms with Crippen LogP contribution in [0.4, 0.5) is 5.69 Å². The minimum Gasteiger partial charge on any atom is -0.493 e. The number of rotatable bonds is 11. The van der Waals surface area contributed by atoms with Gasteiger partial charge in [0.15, 0.2) is 11.5 Å². The number of nitrogens with one attached hydrogen (secondary N) is 2. The van der Waals surface area contributed by atoms with Crippen molar-refractivity contribution in [3.63, 3.8) is 0 Å². The first-order valence-corrected chi connectivity index (χ1v) is 10.3. The lowest BCUT2D eigenvalue weighted by Gasteiger charge is -2.11. The molecule has 0 aliphatic heterocycles.